The van der Waals surface area contributed by atoms with Crippen molar-refractivity contribution in [2.45, 2.75) is 13.8 Å². The molecule has 0 bridgehead atoms. The van der Waals surface area contributed by atoms with Crippen LogP contribution in [0.25, 0.3) is 11.1 Å². The molecule has 5 nitrogen and oxygen atoms in total. The van der Waals surface area contributed by atoms with Gasteiger partial charge in [0, 0.05) is 0 Å². The maximum Gasteiger partial charge on any atom is 0.340 e. The Bertz CT molecular complexity index is 643. The van der Waals surface area contributed by atoms with E-state index in [9.17, 15) is 9.59 Å². The highest BCUT2D eigenvalue weighted by Gasteiger charge is 2.30. The van der Waals surface area contributed by atoms with Crippen LogP contribution in [0.2, 0.25) is 0 Å². The molecule has 0 heterocycles. The molecule has 5 heteroatoms. The standard InChI is InChI=1S/C16H17NO4/c1-3-20-15(18)12-10-8-6-5-7-9-11(10)13(14(12)17)16(19)21-4-2/h5-9H,3-4,17H2,1-2H3/i5D. The number of rotatable bonds is 4. The van der Waals surface area contributed by atoms with E-state index in [0.717, 1.165) is 0 Å². The summed E-state index contributed by atoms with van der Waals surface area (Å²) in [7, 11) is 0. The van der Waals surface area contributed by atoms with Gasteiger partial charge in [0.05, 0.1) is 31.4 Å². The molecule has 0 unspecified atom stereocenters. The summed E-state index contributed by atoms with van der Waals surface area (Å²) in [5.41, 5.74) is 7.26. The van der Waals surface area contributed by atoms with Gasteiger partial charge in [-0.25, -0.2) is 9.59 Å². The number of fused-ring (bicyclic) bond motifs is 1. The maximum atomic E-state index is 12.2. The summed E-state index contributed by atoms with van der Waals surface area (Å²) < 4.78 is 17.7. The lowest BCUT2D eigenvalue weighted by molar-refractivity contribution is 0.0525. The summed E-state index contributed by atoms with van der Waals surface area (Å²) >= 11 is 0. The van der Waals surface area contributed by atoms with Gasteiger partial charge < -0.3 is 15.2 Å². The van der Waals surface area contributed by atoms with E-state index in [-0.39, 0.29) is 36.1 Å². The molecule has 2 aliphatic rings. The molecule has 0 aromatic rings. The van der Waals surface area contributed by atoms with Gasteiger partial charge in [0.15, 0.2) is 0 Å². The van der Waals surface area contributed by atoms with Crippen LogP contribution in [-0.4, -0.2) is 25.2 Å². The van der Waals surface area contributed by atoms with Gasteiger partial charge in [0.25, 0.3) is 0 Å². The number of hydrogen-bond donors (Lipinski definition) is 1. The number of anilines is 1. The quantitative estimate of drug-likeness (QED) is 0.875. The lowest BCUT2D eigenvalue weighted by Gasteiger charge is -2.03. The summed E-state index contributed by atoms with van der Waals surface area (Å²) in [6.07, 6.45) is 0. The van der Waals surface area contributed by atoms with E-state index in [1.165, 1.54) is 12.1 Å². The molecule has 0 saturated heterocycles. The molecule has 0 aliphatic heterocycles. The van der Waals surface area contributed by atoms with Crippen molar-refractivity contribution in [2.24, 2.45) is 0 Å². The maximum absolute atomic E-state index is 12.2. The van der Waals surface area contributed by atoms with Crippen molar-refractivity contribution < 1.29 is 20.4 Å². The van der Waals surface area contributed by atoms with Gasteiger partial charge in [-0.2, -0.15) is 0 Å². The second-order valence-corrected chi connectivity index (χ2v) is 4.27. The number of ether oxygens (including phenoxy) is 2. The molecule has 0 atom stereocenters. The topological polar surface area (TPSA) is 78.6 Å². The third-order valence-corrected chi connectivity index (χ3v) is 3.02. The summed E-state index contributed by atoms with van der Waals surface area (Å²) in [5.74, 6) is -1.20. The Morgan fingerprint density at radius 2 is 1.48 bits per heavy atom. The third-order valence-electron chi connectivity index (χ3n) is 3.02. The van der Waals surface area contributed by atoms with Crippen molar-refractivity contribution in [1.29, 1.82) is 0 Å². The number of hydrogen-bond acceptors (Lipinski definition) is 5. The summed E-state index contributed by atoms with van der Waals surface area (Å²) in [5, 5.41) is 0. The summed E-state index contributed by atoms with van der Waals surface area (Å²) in [4.78, 5) is 24.3. The second kappa shape index (κ2) is 6.26. The highest BCUT2D eigenvalue weighted by atomic mass is 16.5. The Balaban J connectivity index is 2.72. The zero-order valence-corrected chi connectivity index (χ0v) is 11.9. The predicted molar refractivity (Wildman–Crippen MR) is 79.4 cm³/mol. The Morgan fingerprint density at radius 1 is 1.05 bits per heavy atom. The van der Waals surface area contributed by atoms with Gasteiger partial charge in [0.2, 0.25) is 0 Å². The minimum atomic E-state index is -0.599. The molecule has 110 valence electrons. The first kappa shape index (κ1) is 13.4. The number of carbonyl (C=O) groups is 2. The van der Waals surface area contributed by atoms with E-state index in [2.05, 4.69) is 0 Å². The molecule has 2 N–H and O–H groups in total. The van der Waals surface area contributed by atoms with Gasteiger partial charge in [0.1, 0.15) is 0 Å². The average Bonchev–Trinajstić information content (AvgIpc) is 2.62. The van der Waals surface area contributed by atoms with Gasteiger partial charge in [-0.3, -0.25) is 0 Å². The fraction of sp³-hybridized carbons (Fsp3) is 0.250. The Morgan fingerprint density at radius 3 is 1.86 bits per heavy atom. The minimum absolute atomic E-state index is 0.0460. The molecule has 0 aromatic heterocycles. The normalized spacial score (nSPS) is 11.0. The molecular formula is C16H17NO4. The fourth-order valence-corrected chi connectivity index (χ4v) is 2.20. The van der Waals surface area contributed by atoms with Crippen molar-refractivity contribution >= 4 is 17.6 Å². The highest BCUT2D eigenvalue weighted by Crippen LogP contribution is 2.39. The summed E-state index contributed by atoms with van der Waals surface area (Å²) in [6, 6.07) is 6.48. The van der Waals surface area contributed by atoms with E-state index in [1.54, 1.807) is 26.0 Å². The van der Waals surface area contributed by atoms with Crippen molar-refractivity contribution in [3.63, 3.8) is 0 Å². The van der Waals surface area contributed by atoms with E-state index in [4.69, 9.17) is 16.6 Å². The lowest BCUT2D eigenvalue weighted by Crippen LogP contribution is -2.09. The van der Waals surface area contributed by atoms with E-state index in [0.29, 0.717) is 11.1 Å². The van der Waals surface area contributed by atoms with Crippen LogP contribution < -0.4 is 5.73 Å². The zero-order valence-electron chi connectivity index (χ0n) is 12.9. The monoisotopic (exact) mass is 288 g/mol. The molecule has 2 rings (SSSR count). The molecule has 0 spiro atoms. The number of nitrogen functional groups attached to an aromatic ring is 1. The number of carbonyl (C=O) groups excluding carboxylic acids is 2. The van der Waals surface area contributed by atoms with Gasteiger partial charge in [-0.05, 0) is 25.0 Å². The van der Waals surface area contributed by atoms with E-state index < -0.39 is 11.9 Å². The fourth-order valence-electron chi connectivity index (χ4n) is 2.20. The van der Waals surface area contributed by atoms with Crippen molar-refractivity contribution in [3.05, 3.63) is 41.4 Å². The Hall–Kier alpha value is -2.56. The number of esters is 2. The largest absolute Gasteiger partial charge is 0.462 e. The van der Waals surface area contributed by atoms with E-state index >= 15 is 0 Å². The Kier molecular flexibility index (Phi) is 4.00. The van der Waals surface area contributed by atoms with Gasteiger partial charge in [-0.1, -0.05) is 30.3 Å². The zero-order chi connectivity index (χ0) is 16.3. The molecule has 0 amide bonds. The van der Waals surface area contributed by atoms with Crippen molar-refractivity contribution in [2.75, 3.05) is 18.9 Å². The van der Waals surface area contributed by atoms with Crippen LogP contribution in [0.3, 0.4) is 0 Å². The van der Waals surface area contributed by atoms with Crippen LogP contribution >= 0.6 is 0 Å². The molecule has 0 saturated carbocycles. The predicted octanol–water partition coefficient (Wildman–Crippen LogP) is 2.73. The number of nitrogens with two attached hydrogens (primary N) is 1. The molecule has 21 heavy (non-hydrogen) atoms. The van der Waals surface area contributed by atoms with Crippen molar-refractivity contribution in [1.82, 2.24) is 0 Å². The third kappa shape index (κ3) is 2.67. The summed E-state index contributed by atoms with van der Waals surface area (Å²) in [6.45, 7) is 3.77. The van der Waals surface area contributed by atoms with Gasteiger partial charge >= 0.3 is 11.9 Å². The Labute approximate surface area is 124 Å². The highest BCUT2D eigenvalue weighted by molar-refractivity contribution is 6.15. The first-order valence-electron chi connectivity index (χ1n) is 7.17. The smallest absolute Gasteiger partial charge is 0.340 e. The molecule has 2 aliphatic carbocycles. The van der Waals surface area contributed by atoms with E-state index in [1.807, 2.05) is 0 Å². The molecule has 0 fully saturated rings. The average molecular weight is 288 g/mol. The van der Waals surface area contributed by atoms with Crippen LogP contribution in [0.15, 0.2) is 30.3 Å². The van der Waals surface area contributed by atoms with Crippen LogP contribution in [0.1, 0.15) is 35.9 Å². The van der Waals surface area contributed by atoms with Crippen LogP contribution in [0.5, 0.6) is 0 Å². The van der Waals surface area contributed by atoms with Crippen LogP contribution in [0.4, 0.5) is 5.69 Å². The SMILES string of the molecule is [2H]c1ccc2c(C(=O)OCC)c(N)c(C(=O)OCC)c-2cc1. The molecular weight excluding hydrogens is 270 g/mol. The minimum Gasteiger partial charge on any atom is -0.462 e. The second-order valence-electron chi connectivity index (χ2n) is 4.27. The first-order chi connectivity index (χ1) is 10.5. The molecule has 0 aromatic carbocycles. The van der Waals surface area contributed by atoms with Crippen LogP contribution in [0, 0.1) is 0 Å². The van der Waals surface area contributed by atoms with Crippen LogP contribution in [-0.2, 0) is 9.47 Å². The van der Waals surface area contributed by atoms with Gasteiger partial charge in [-0.15, -0.1) is 0 Å². The first-order valence-corrected chi connectivity index (χ1v) is 6.67. The lowest BCUT2D eigenvalue weighted by atomic mass is 10.1. The molecule has 0 radical (unpaired) electrons. The van der Waals surface area contributed by atoms with Crippen molar-refractivity contribution in [3.8, 4) is 11.1 Å².